The number of nitrogens with zero attached hydrogens (tertiary/aromatic N) is 2. The van der Waals surface area contributed by atoms with Gasteiger partial charge in [0.15, 0.2) is 0 Å². The molecule has 2 aromatic rings. The molecule has 1 aliphatic rings. The summed E-state index contributed by atoms with van der Waals surface area (Å²) < 4.78 is 5.79. The topological polar surface area (TPSA) is 61.9 Å². The lowest BCUT2D eigenvalue weighted by molar-refractivity contribution is -0.122. The van der Waals surface area contributed by atoms with Crippen LogP contribution in [0.25, 0.3) is 0 Å². The maximum absolute atomic E-state index is 12.8. The van der Waals surface area contributed by atoms with E-state index in [0.29, 0.717) is 44.9 Å². The van der Waals surface area contributed by atoms with Gasteiger partial charge in [-0.05, 0) is 36.2 Å². The number of nitrogens with one attached hydrogen (secondary N) is 1. The predicted molar refractivity (Wildman–Crippen MR) is 117 cm³/mol. The molecular weight excluding hydrogens is 378 g/mol. The number of benzene rings is 2. The third-order valence-corrected chi connectivity index (χ3v) is 5.23. The van der Waals surface area contributed by atoms with Gasteiger partial charge in [0, 0.05) is 38.3 Å². The van der Waals surface area contributed by atoms with Crippen LogP contribution >= 0.6 is 0 Å². The summed E-state index contributed by atoms with van der Waals surface area (Å²) in [7, 11) is 0. The van der Waals surface area contributed by atoms with Gasteiger partial charge in [0.2, 0.25) is 5.91 Å². The van der Waals surface area contributed by atoms with Crippen LogP contribution in [0.5, 0.6) is 5.75 Å². The van der Waals surface area contributed by atoms with Crippen molar-refractivity contribution in [2.45, 2.75) is 26.4 Å². The van der Waals surface area contributed by atoms with Gasteiger partial charge in [-0.15, -0.1) is 0 Å². The first-order chi connectivity index (χ1) is 14.7. The Morgan fingerprint density at radius 1 is 0.967 bits per heavy atom. The minimum Gasteiger partial charge on any atom is -0.489 e. The molecule has 1 N–H and O–H groups in total. The first kappa shape index (κ1) is 21.8. The smallest absolute Gasteiger partial charge is 0.253 e. The fraction of sp³-hybridized carbons (Fsp3) is 0.417. The molecule has 160 valence electrons. The van der Waals surface area contributed by atoms with Crippen LogP contribution in [-0.4, -0.2) is 60.9 Å². The normalized spacial score (nSPS) is 14.4. The van der Waals surface area contributed by atoms with Crippen molar-refractivity contribution in [2.75, 3.05) is 39.3 Å². The second-order valence-electron chi connectivity index (χ2n) is 7.57. The number of hydrogen-bond donors (Lipinski definition) is 1. The maximum atomic E-state index is 12.8. The minimum absolute atomic E-state index is 0.0247. The second-order valence-corrected chi connectivity index (χ2v) is 7.57. The minimum atomic E-state index is 0.0247. The van der Waals surface area contributed by atoms with E-state index in [-0.39, 0.29) is 11.8 Å². The highest BCUT2D eigenvalue weighted by Crippen LogP contribution is 2.16. The van der Waals surface area contributed by atoms with E-state index in [0.717, 1.165) is 30.7 Å². The Hall–Kier alpha value is -2.86. The Kier molecular flexibility index (Phi) is 8.27. The number of carbonyl (C=O) groups excluding carboxylic acids is 2. The van der Waals surface area contributed by atoms with Gasteiger partial charge in [-0.2, -0.15) is 0 Å². The van der Waals surface area contributed by atoms with Crippen LogP contribution in [0.4, 0.5) is 0 Å². The van der Waals surface area contributed by atoms with Crippen LogP contribution < -0.4 is 10.1 Å². The molecule has 30 heavy (non-hydrogen) atoms. The highest BCUT2D eigenvalue weighted by Gasteiger charge is 2.23. The van der Waals surface area contributed by atoms with Crippen molar-refractivity contribution in [1.82, 2.24) is 15.1 Å². The van der Waals surface area contributed by atoms with E-state index in [9.17, 15) is 9.59 Å². The van der Waals surface area contributed by atoms with E-state index in [2.05, 4.69) is 17.1 Å². The number of amides is 2. The van der Waals surface area contributed by atoms with Crippen molar-refractivity contribution in [2.24, 2.45) is 0 Å². The zero-order chi connectivity index (χ0) is 21.2. The van der Waals surface area contributed by atoms with Crippen molar-refractivity contribution in [3.05, 3.63) is 65.7 Å². The lowest BCUT2D eigenvalue weighted by atomic mass is 10.1. The Morgan fingerprint density at radius 3 is 2.33 bits per heavy atom. The van der Waals surface area contributed by atoms with E-state index in [1.165, 1.54) is 0 Å². The SMILES string of the molecule is CCCCNC(=O)CN1CCN(C(=O)c2ccc(OCc3ccccc3)cc2)CC1. The molecule has 6 nitrogen and oxygen atoms in total. The van der Waals surface area contributed by atoms with Crippen LogP contribution in [0.1, 0.15) is 35.7 Å². The van der Waals surface area contributed by atoms with Crippen molar-refractivity contribution in [1.29, 1.82) is 0 Å². The highest BCUT2D eigenvalue weighted by molar-refractivity contribution is 5.94. The first-order valence-electron chi connectivity index (χ1n) is 10.7. The number of rotatable bonds is 9. The van der Waals surface area contributed by atoms with Gasteiger partial charge >= 0.3 is 0 Å². The summed E-state index contributed by atoms with van der Waals surface area (Å²) in [6, 6.07) is 17.3. The van der Waals surface area contributed by atoms with Gasteiger partial charge in [-0.1, -0.05) is 43.7 Å². The van der Waals surface area contributed by atoms with Crippen LogP contribution in [0, 0.1) is 0 Å². The summed E-state index contributed by atoms with van der Waals surface area (Å²) in [5, 5.41) is 2.94. The summed E-state index contributed by atoms with van der Waals surface area (Å²) in [5.41, 5.74) is 1.77. The Labute approximate surface area is 178 Å². The molecule has 1 saturated heterocycles. The van der Waals surface area contributed by atoms with Crippen LogP contribution in [0.2, 0.25) is 0 Å². The molecule has 0 spiro atoms. The van der Waals surface area contributed by atoms with Gasteiger partial charge in [-0.25, -0.2) is 0 Å². The van der Waals surface area contributed by atoms with Gasteiger partial charge in [0.05, 0.1) is 6.54 Å². The Morgan fingerprint density at radius 2 is 1.67 bits per heavy atom. The van der Waals surface area contributed by atoms with Gasteiger partial charge in [0.25, 0.3) is 5.91 Å². The summed E-state index contributed by atoms with van der Waals surface area (Å²) >= 11 is 0. The van der Waals surface area contributed by atoms with Crippen LogP contribution in [-0.2, 0) is 11.4 Å². The fourth-order valence-electron chi connectivity index (χ4n) is 3.39. The molecule has 0 unspecified atom stereocenters. The summed E-state index contributed by atoms with van der Waals surface area (Å²) in [6.45, 7) is 6.44. The quantitative estimate of drug-likeness (QED) is 0.647. The predicted octanol–water partition coefficient (Wildman–Crippen LogP) is 2.94. The number of ether oxygens (including phenoxy) is 1. The van der Waals surface area contributed by atoms with Crippen molar-refractivity contribution in [3.8, 4) is 5.75 Å². The molecule has 0 saturated carbocycles. The van der Waals surface area contributed by atoms with Crippen molar-refractivity contribution in [3.63, 3.8) is 0 Å². The first-order valence-corrected chi connectivity index (χ1v) is 10.7. The molecule has 0 aromatic heterocycles. The highest BCUT2D eigenvalue weighted by atomic mass is 16.5. The molecular formula is C24H31N3O3. The third-order valence-electron chi connectivity index (χ3n) is 5.23. The van der Waals surface area contributed by atoms with E-state index in [1.807, 2.05) is 59.5 Å². The molecule has 2 amide bonds. The van der Waals surface area contributed by atoms with Gasteiger partial charge < -0.3 is 15.0 Å². The average Bonchev–Trinajstić information content (AvgIpc) is 2.79. The van der Waals surface area contributed by atoms with Gasteiger partial charge in [0.1, 0.15) is 12.4 Å². The number of hydrogen-bond acceptors (Lipinski definition) is 4. The van der Waals surface area contributed by atoms with Gasteiger partial charge in [-0.3, -0.25) is 14.5 Å². The summed E-state index contributed by atoms with van der Waals surface area (Å²) in [6.07, 6.45) is 2.07. The molecule has 1 aliphatic heterocycles. The largest absolute Gasteiger partial charge is 0.489 e. The zero-order valence-corrected chi connectivity index (χ0v) is 17.7. The van der Waals surface area contributed by atoms with E-state index >= 15 is 0 Å². The monoisotopic (exact) mass is 409 g/mol. The molecule has 0 atom stereocenters. The zero-order valence-electron chi connectivity index (χ0n) is 17.7. The summed E-state index contributed by atoms with van der Waals surface area (Å²) in [4.78, 5) is 28.7. The van der Waals surface area contributed by atoms with E-state index in [1.54, 1.807) is 0 Å². The molecule has 0 aliphatic carbocycles. The maximum Gasteiger partial charge on any atom is 0.253 e. The lowest BCUT2D eigenvalue weighted by Crippen LogP contribution is -2.51. The van der Waals surface area contributed by atoms with Crippen molar-refractivity contribution < 1.29 is 14.3 Å². The molecule has 1 heterocycles. The Bertz CT molecular complexity index is 800. The Balaban J connectivity index is 1.43. The third kappa shape index (κ3) is 6.59. The van der Waals surface area contributed by atoms with E-state index in [4.69, 9.17) is 4.74 Å². The number of piperazine rings is 1. The molecule has 2 aromatic carbocycles. The second kappa shape index (κ2) is 11.4. The molecule has 6 heteroatoms. The number of carbonyl (C=O) groups is 2. The van der Waals surface area contributed by atoms with Crippen LogP contribution in [0.15, 0.2) is 54.6 Å². The standard InChI is InChI=1S/C24H31N3O3/c1-2-3-13-25-23(28)18-26-14-16-27(17-15-26)24(29)21-9-11-22(12-10-21)30-19-20-7-5-4-6-8-20/h4-12H,2-3,13-19H2,1H3,(H,25,28). The molecule has 3 rings (SSSR count). The van der Waals surface area contributed by atoms with E-state index < -0.39 is 0 Å². The van der Waals surface area contributed by atoms with Crippen LogP contribution in [0.3, 0.4) is 0 Å². The summed E-state index contributed by atoms with van der Waals surface area (Å²) in [5.74, 6) is 0.834. The molecule has 0 bridgehead atoms. The van der Waals surface area contributed by atoms with Crippen molar-refractivity contribution >= 4 is 11.8 Å². The lowest BCUT2D eigenvalue weighted by Gasteiger charge is -2.34. The molecule has 1 fully saturated rings. The fourth-order valence-corrected chi connectivity index (χ4v) is 3.39. The average molecular weight is 410 g/mol. The molecule has 0 radical (unpaired) electrons. The number of unbranched alkanes of at least 4 members (excludes halogenated alkanes) is 1.